The zero-order valence-electron chi connectivity index (χ0n) is 8.12. The lowest BCUT2D eigenvalue weighted by Gasteiger charge is -2.07. The molecule has 0 aliphatic heterocycles. The van der Waals surface area contributed by atoms with Gasteiger partial charge in [-0.3, -0.25) is 4.79 Å². The summed E-state index contributed by atoms with van der Waals surface area (Å²) in [6, 6.07) is 6.73. The highest BCUT2D eigenvalue weighted by atomic mass is 127. The maximum atomic E-state index is 11.3. The van der Waals surface area contributed by atoms with Crippen LogP contribution in [0.5, 0.6) is 0 Å². The highest BCUT2D eigenvalue weighted by Crippen LogP contribution is 2.15. The maximum Gasteiger partial charge on any atom is 0.339 e. The lowest BCUT2D eigenvalue weighted by molar-refractivity contribution is -0.113. The van der Waals surface area contributed by atoms with Crippen molar-refractivity contribution in [2.75, 3.05) is 16.9 Å². The molecule has 0 aromatic heterocycles. The van der Waals surface area contributed by atoms with Gasteiger partial charge in [-0.25, -0.2) is 4.79 Å². The summed E-state index contributed by atoms with van der Waals surface area (Å²) in [5.41, 5.74) is 0.837. The molecule has 0 aliphatic carbocycles. The average Bonchev–Trinajstić information content (AvgIpc) is 2.28. The molecule has 1 aromatic carbocycles. The van der Waals surface area contributed by atoms with Gasteiger partial charge < -0.3 is 10.1 Å². The number of methoxy groups -OCH3 is 1. The minimum atomic E-state index is -0.459. The molecule has 0 spiro atoms. The van der Waals surface area contributed by atoms with Gasteiger partial charge in [0.15, 0.2) is 0 Å². The topological polar surface area (TPSA) is 55.4 Å². The molecular formula is C10H10INO3. The molecule has 0 aliphatic rings. The van der Waals surface area contributed by atoms with Gasteiger partial charge in [0.2, 0.25) is 5.91 Å². The molecule has 1 amide bonds. The van der Waals surface area contributed by atoms with E-state index in [1.165, 1.54) is 7.11 Å². The number of hydrogen-bond donors (Lipinski definition) is 1. The number of benzene rings is 1. The third-order valence-electron chi connectivity index (χ3n) is 1.73. The number of alkyl halides is 1. The van der Waals surface area contributed by atoms with Gasteiger partial charge in [-0.1, -0.05) is 34.7 Å². The first-order valence-electron chi connectivity index (χ1n) is 4.22. The van der Waals surface area contributed by atoms with Crippen LogP contribution in [0.3, 0.4) is 0 Å². The van der Waals surface area contributed by atoms with E-state index in [1.54, 1.807) is 24.3 Å². The highest BCUT2D eigenvalue weighted by Gasteiger charge is 2.12. The van der Waals surface area contributed by atoms with Crippen molar-refractivity contribution in [3.8, 4) is 0 Å². The van der Waals surface area contributed by atoms with E-state index in [2.05, 4.69) is 10.1 Å². The molecule has 1 N–H and O–H groups in total. The van der Waals surface area contributed by atoms with Crippen molar-refractivity contribution in [3.05, 3.63) is 29.8 Å². The Kier molecular flexibility index (Phi) is 4.54. The van der Waals surface area contributed by atoms with Crippen LogP contribution in [0, 0.1) is 0 Å². The van der Waals surface area contributed by atoms with Crippen molar-refractivity contribution >= 4 is 40.2 Å². The number of carbonyl (C=O) groups excluding carboxylic acids is 2. The molecule has 1 aromatic rings. The maximum absolute atomic E-state index is 11.3. The van der Waals surface area contributed by atoms with E-state index >= 15 is 0 Å². The van der Waals surface area contributed by atoms with Gasteiger partial charge in [0.05, 0.1) is 22.8 Å². The van der Waals surface area contributed by atoms with Crippen LogP contribution in [0.25, 0.3) is 0 Å². The van der Waals surface area contributed by atoms with Crippen molar-refractivity contribution < 1.29 is 14.3 Å². The van der Waals surface area contributed by atoms with Crippen LogP contribution in [-0.4, -0.2) is 23.4 Å². The van der Waals surface area contributed by atoms with Gasteiger partial charge in [-0.2, -0.15) is 0 Å². The third kappa shape index (κ3) is 3.19. The monoisotopic (exact) mass is 319 g/mol. The number of hydrogen-bond acceptors (Lipinski definition) is 3. The molecule has 15 heavy (non-hydrogen) atoms. The largest absolute Gasteiger partial charge is 0.465 e. The molecule has 0 atom stereocenters. The summed E-state index contributed by atoms with van der Waals surface area (Å²) in [5.74, 6) is -0.605. The second kappa shape index (κ2) is 5.69. The number of halogens is 1. The average molecular weight is 319 g/mol. The summed E-state index contributed by atoms with van der Waals surface area (Å²) in [4.78, 5) is 22.5. The Labute approximate surface area is 101 Å². The van der Waals surface area contributed by atoms with Crippen molar-refractivity contribution in [1.82, 2.24) is 0 Å². The van der Waals surface area contributed by atoms with Gasteiger partial charge in [0.25, 0.3) is 0 Å². The van der Waals surface area contributed by atoms with Crippen molar-refractivity contribution in [3.63, 3.8) is 0 Å². The van der Waals surface area contributed by atoms with E-state index < -0.39 is 5.97 Å². The standard InChI is InChI=1S/C10H10INO3/c1-15-10(14)7-4-2-3-5-8(7)12-9(13)6-11/h2-5H,6H2,1H3,(H,12,13). The van der Waals surface area contributed by atoms with Crippen LogP contribution in [0.4, 0.5) is 5.69 Å². The number of nitrogens with one attached hydrogen (secondary N) is 1. The second-order valence-electron chi connectivity index (χ2n) is 2.72. The van der Waals surface area contributed by atoms with E-state index in [0.717, 1.165) is 0 Å². The number of rotatable bonds is 3. The van der Waals surface area contributed by atoms with E-state index in [9.17, 15) is 9.59 Å². The number of para-hydroxylation sites is 1. The SMILES string of the molecule is COC(=O)c1ccccc1NC(=O)CI. The molecule has 1 rings (SSSR count). The first-order chi connectivity index (χ1) is 7.19. The Hall–Kier alpha value is -1.11. The highest BCUT2D eigenvalue weighted by molar-refractivity contribution is 14.1. The van der Waals surface area contributed by atoms with Gasteiger partial charge >= 0.3 is 5.97 Å². The molecule has 0 heterocycles. The lowest BCUT2D eigenvalue weighted by Crippen LogP contribution is -2.15. The van der Waals surface area contributed by atoms with E-state index in [-0.39, 0.29) is 5.91 Å². The first kappa shape index (κ1) is 12.0. The van der Waals surface area contributed by atoms with E-state index in [1.807, 2.05) is 22.6 Å². The van der Waals surface area contributed by atoms with Gasteiger partial charge in [0.1, 0.15) is 0 Å². The minimum absolute atomic E-state index is 0.146. The van der Waals surface area contributed by atoms with E-state index in [4.69, 9.17) is 0 Å². The van der Waals surface area contributed by atoms with Crippen LogP contribution in [-0.2, 0) is 9.53 Å². The quantitative estimate of drug-likeness (QED) is 0.525. The number of amides is 1. The van der Waals surface area contributed by atoms with Crippen LogP contribution < -0.4 is 5.32 Å². The van der Waals surface area contributed by atoms with Crippen LogP contribution in [0.2, 0.25) is 0 Å². The summed E-state index contributed by atoms with van der Waals surface area (Å²) >= 11 is 1.95. The first-order valence-corrected chi connectivity index (χ1v) is 5.74. The summed E-state index contributed by atoms with van der Waals surface area (Å²) in [5, 5.41) is 2.63. The summed E-state index contributed by atoms with van der Waals surface area (Å²) in [7, 11) is 1.30. The number of esters is 1. The normalized spacial score (nSPS) is 9.47. The summed E-state index contributed by atoms with van der Waals surface area (Å²) in [6.07, 6.45) is 0. The molecule has 4 nitrogen and oxygen atoms in total. The van der Waals surface area contributed by atoms with Crippen molar-refractivity contribution in [2.24, 2.45) is 0 Å². The fraction of sp³-hybridized carbons (Fsp3) is 0.200. The molecule has 0 bridgehead atoms. The molecule has 0 saturated heterocycles. The van der Waals surface area contributed by atoms with E-state index in [0.29, 0.717) is 15.7 Å². The van der Waals surface area contributed by atoms with Crippen LogP contribution in [0.1, 0.15) is 10.4 Å². The lowest BCUT2D eigenvalue weighted by atomic mass is 10.2. The zero-order valence-corrected chi connectivity index (χ0v) is 10.3. The van der Waals surface area contributed by atoms with Gasteiger partial charge in [-0.15, -0.1) is 0 Å². The molecule has 0 radical (unpaired) electrons. The molecule has 80 valence electrons. The fourth-order valence-corrected chi connectivity index (χ4v) is 1.25. The van der Waals surface area contributed by atoms with Crippen LogP contribution in [0.15, 0.2) is 24.3 Å². The predicted molar refractivity (Wildman–Crippen MR) is 65.3 cm³/mol. The predicted octanol–water partition coefficient (Wildman–Crippen LogP) is 1.85. The number of anilines is 1. The van der Waals surface area contributed by atoms with Gasteiger partial charge in [0, 0.05) is 0 Å². The smallest absolute Gasteiger partial charge is 0.339 e. The Morgan fingerprint density at radius 2 is 2.07 bits per heavy atom. The molecular weight excluding hydrogens is 309 g/mol. The molecule has 0 unspecified atom stereocenters. The molecule has 0 fully saturated rings. The number of carbonyl (C=O) groups is 2. The number of ether oxygens (including phenoxy) is 1. The Morgan fingerprint density at radius 1 is 1.40 bits per heavy atom. The van der Waals surface area contributed by atoms with Crippen molar-refractivity contribution in [1.29, 1.82) is 0 Å². The van der Waals surface area contributed by atoms with Crippen LogP contribution >= 0.6 is 22.6 Å². The summed E-state index contributed by atoms with van der Waals surface area (Å²) in [6.45, 7) is 0. The zero-order chi connectivity index (χ0) is 11.3. The van der Waals surface area contributed by atoms with Crippen molar-refractivity contribution in [2.45, 2.75) is 0 Å². The molecule has 0 saturated carbocycles. The fourth-order valence-electron chi connectivity index (χ4n) is 1.06. The summed E-state index contributed by atoms with van der Waals surface area (Å²) < 4.78 is 4.94. The minimum Gasteiger partial charge on any atom is -0.465 e. The Morgan fingerprint density at radius 3 is 2.67 bits per heavy atom. The Bertz CT molecular complexity index is 379. The third-order valence-corrected chi connectivity index (χ3v) is 2.42. The Balaban J connectivity index is 2.96. The second-order valence-corrected chi connectivity index (χ2v) is 3.48. The van der Waals surface area contributed by atoms with Gasteiger partial charge in [-0.05, 0) is 12.1 Å². The molecule has 5 heteroatoms.